The lowest BCUT2D eigenvalue weighted by molar-refractivity contribution is -0.187. The Balaban J connectivity index is 0.000000312. The van der Waals surface area contributed by atoms with Crippen LogP contribution in [0.1, 0.15) is 39.1 Å². The number of carboxylic acid groups (broad SMARTS) is 2. The van der Waals surface area contributed by atoms with E-state index in [0.717, 1.165) is 50.2 Å². The van der Waals surface area contributed by atoms with Crippen LogP contribution in [0.25, 0.3) is 0 Å². The van der Waals surface area contributed by atoms with Crippen molar-refractivity contribution in [2.24, 2.45) is 0 Å². The Morgan fingerprint density at radius 3 is 1.50 bits per heavy atom. The van der Waals surface area contributed by atoms with Crippen molar-refractivity contribution in [3.63, 3.8) is 0 Å². The summed E-state index contributed by atoms with van der Waals surface area (Å²) in [7, 11) is 2.67. The highest BCUT2D eigenvalue weighted by atomic mass is 16.5. The zero-order chi connectivity index (χ0) is 32.5. The van der Waals surface area contributed by atoms with Crippen molar-refractivity contribution in [2.75, 3.05) is 33.9 Å². The van der Waals surface area contributed by atoms with Gasteiger partial charge < -0.3 is 40.3 Å². The normalized spacial score (nSPS) is 18.5. The van der Waals surface area contributed by atoms with Gasteiger partial charge in [-0.05, 0) is 73.5 Å². The first kappa shape index (κ1) is 33.9. The van der Waals surface area contributed by atoms with E-state index in [-0.39, 0.29) is 23.5 Å². The van der Waals surface area contributed by atoms with Crippen LogP contribution in [0.2, 0.25) is 0 Å². The standard InChI is InChI=1S/C20H18O10.C12H17NO/c1-29-13-7-3-11(4-8-13)15(21)19(27,17(23)24)20(28,18(25)26)16(22)12-5-9-14(30-2)10-6-12;14-9-7-12(6-8-13-10-12)11-4-2-1-3-5-11/h3-10,27-28H,1-2H3,(H,23,24)(H,25,26);1-5,13-14H,6-10H2/t19-,20-;/m1./s1. The Morgan fingerprint density at radius 2 is 1.18 bits per heavy atom. The van der Waals surface area contributed by atoms with Crippen LogP contribution in [-0.4, -0.2) is 94.2 Å². The van der Waals surface area contributed by atoms with Crippen LogP contribution in [0.5, 0.6) is 11.5 Å². The highest BCUT2D eigenvalue weighted by Crippen LogP contribution is 2.34. The van der Waals surface area contributed by atoms with Crippen LogP contribution in [0.4, 0.5) is 0 Å². The van der Waals surface area contributed by atoms with Gasteiger partial charge in [-0.15, -0.1) is 0 Å². The number of ketones is 2. The van der Waals surface area contributed by atoms with Crippen molar-refractivity contribution < 1.29 is 54.2 Å². The van der Waals surface area contributed by atoms with Crippen LogP contribution in [0, 0.1) is 0 Å². The van der Waals surface area contributed by atoms with Gasteiger partial charge in [0.2, 0.25) is 11.6 Å². The van der Waals surface area contributed by atoms with Gasteiger partial charge in [0.1, 0.15) is 11.5 Å². The number of methoxy groups -OCH3 is 2. The molecule has 0 aromatic heterocycles. The molecule has 0 saturated carbocycles. The van der Waals surface area contributed by atoms with Gasteiger partial charge in [0.15, 0.2) is 0 Å². The van der Waals surface area contributed by atoms with E-state index >= 15 is 0 Å². The number of ether oxygens (including phenoxy) is 2. The number of nitrogens with one attached hydrogen (secondary N) is 1. The quantitative estimate of drug-likeness (QED) is 0.128. The summed E-state index contributed by atoms with van der Waals surface area (Å²) >= 11 is 0. The van der Waals surface area contributed by atoms with Crippen molar-refractivity contribution in [1.29, 1.82) is 0 Å². The van der Waals surface area contributed by atoms with E-state index in [9.17, 15) is 39.6 Å². The molecule has 1 saturated heterocycles. The summed E-state index contributed by atoms with van der Waals surface area (Å²) < 4.78 is 9.81. The molecule has 1 unspecified atom stereocenters. The van der Waals surface area contributed by atoms with E-state index in [1.165, 1.54) is 44.0 Å². The maximum absolute atomic E-state index is 12.8. The molecule has 12 nitrogen and oxygen atoms in total. The molecule has 44 heavy (non-hydrogen) atoms. The lowest BCUT2D eigenvalue weighted by atomic mass is 9.73. The lowest BCUT2D eigenvalue weighted by Crippen LogP contribution is -2.71. The minimum atomic E-state index is -4.04. The number of carbonyl (C=O) groups excluding carboxylic acids is 2. The molecule has 0 aliphatic carbocycles. The fourth-order valence-corrected chi connectivity index (χ4v) is 5.09. The van der Waals surface area contributed by atoms with Gasteiger partial charge in [-0.2, -0.15) is 0 Å². The Hall–Kier alpha value is -4.62. The average molecular weight is 610 g/mol. The van der Waals surface area contributed by atoms with E-state index in [1.54, 1.807) is 0 Å². The van der Waals surface area contributed by atoms with Gasteiger partial charge in [-0.3, -0.25) is 9.59 Å². The van der Waals surface area contributed by atoms with Crippen LogP contribution >= 0.6 is 0 Å². The van der Waals surface area contributed by atoms with Crippen molar-refractivity contribution in [1.82, 2.24) is 5.32 Å². The largest absolute Gasteiger partial charge is 0.497 e. The minimum Gasteiger partial charge on any atom is -0.497 e. The molecule has 3 aromatic rings. The highest BCUT2D eigenvalue weighted by molar-refractivity contribution is 6.28. The molecule has 1 fully saturated rings. The van der Waals surface area contributed by atoms with Gasteiger partial charge in [0.25, 0.3) is 11.2 Å². The number of Topliss-reactive ketones (excluding diaryl/α,β-unsaturated/α-hetero) is 2. The maximum atomic E-state index is 12.8. The topological polar surface area (TPSA) is 200 Å². The third-order valence-corrected chi connectivity index (χ3v) is 7.72. The number of aliphatic carboxylic acids is 2. The number of hydrogen-bond acceptors (Lipinski definition) is 10. The molecule has 1 aliphatic heterocycles. The molecule has 234 valence electrons. The molecule has 1 heterocycles. The number of aliphatic hydroxyl groups is 3. The predicted octanol–water partition coefficient (Wildman–Crippen LogP) is 1.70. The van der Waals surface area contributed by atoms with Gasteiger partial charge in [-0.25, -0.2) is 9.59 Å². The average Bonchev–Trinajstić information content (AvgIpc) is 3.53. The molecule has 4 rings (SSSR count). The van der Waals surface area contributed by atoms with Crippen LogP contribution in [0.3, 0.4) is 0 Å². The van der Waals surface area contributed by atoms with E-state index in [0.29, 0.717) is 0 Å². The molecule has 3 atom stereocenters. The SMILES string of the molecule is COc1ccc(C(=O)[C@@](O)(C(=O)O)[C@](O)(C(=O)O)C(=O)c2ccc(OC)cc2)cc1.OCCC1(c2ccccc2)CCNC1. The van der Waals surface area contributed by atoms with E-state index in [2.05, 4.69) is 29.6 Å². The molecule has 3 aromatic carbocycles. The maximum Gasteiger partial charge on any atom is 0.348 e. The summed E-state index contributed by atoms with van der Waals surface area (Å²) in [5, 5.41) is 53.0. The first-order chi connectivity index (χ1) is 20.9. The van der Waals surface area contributed by atoms with Gasteiger partial charge in [-0.1, -0.05) is 30.3 Å². The molecule has 0 radical (unpaired) electrons. The molecule has 0 bridgehead atoms. The Kier molecular flexibility index (Phi) is 11.0. The van der Waals surface area contributed by atoms with Gasteiger partial charge >= 0.3 is 11.9 Å². The van der Waals surface area contributed by atoms with Crippen molar-refractivity contribution in [3.05, 3.63) is 95.6 Å². The zero-order valence-corrected chi connectivity index (χ0v) is 24.2. The fraction of sp³-hybridized carbons (Fsp3) is 0.312. The first-order valence-corrected chi connectivity index (χ1v) is 13.6. The highest BCUT2D eigenvalue weighted by Gasteiger charge is 2.69. The van der Waals surface area contributed by atoms with E-state index < -0.39 is 45.8 Å². The van der Waals surface area contributed by atoms with Crippen molar-refractivity contribution in [3.8, 4) is 11.5 Å². The van der Waals surface area contributed by atoms with Crippen LogP contribution in [-0.2, 0) is 15.0 Å². The number of benzene rings is 3. The monoisotopic (exact) mass is 609 g/mol. The molecule has 6 N–H and O–H groups in total. The molecule has 12 heteroatoms. The number of aliphatic hydroxyl groups excluding tert-OH is 1. The Bertz CT molecular complexity index is 1370. The number of carboxylic acids is 2. The fourth-order valence-electron chi connectivity index (χ4n) is 5.09. The predicted molar refractivity (Wildman–Crippen MR) is 157 cm³/mol. The summed E-state index contributed by atoms with van der Waals surface area (Å²) in [6.45, 7) is 2.34. The second kappa shape index (κ2) is 14.2. The second-order valence-electron chi connectivity index (χ2n) is 10.2. The molecular weight excluding hydrogens is 574 g/mol. The number of carbonyl (C=O) groups is 4. The Labute approximate surface area is 253 Å². The third kappa shape index (κ3) is 6.48. The van der Waals surface area contributed by atoms with Crippen LogP contribution < -0.4 is 14.8 Å². The van der Waals surface area contributed by atoms with Crippen molar-refractivity contribution >= 4 is 23.5 Å². The summed E-state index contributed by atoms with van der Waals surface area (Å²) in [6.07, 6.45) is 2.00. The summed E-state index contributed by atoms with van der Waals surface area (Å²) in [4.78, 5) is 49.4. The number of hydrogen-bond donors (Lipinski definition) is 6. The van der Waals surface area contributed by atoms with Gasteiger partial charge in [0, 0.05) is 29.7 Å². The van der Waals surface area contributed by atoms with E-state index in [4.69, 9.17) is 14.6 Å². The summed E-state index contributed by atoms with van der Waals surface area (Å²) in [6, 6.07) is 19.7. The third-order valence-electron chi connectivity index (χ3n) is 7.72. The lowest BCUT2D eigenvalue weighted by Gasteiger charge is -2.34. The second-order valence-corrected chi connectivity index (χ2v) is 10.2. The van der Waals surface area contributed by atoms with Gasteiger partial charge in [0.05, 0.1) is 14.2 Å². The van der Waals surface area contributed by atoms with Crippen molar-refractivity contribution in [2.45, 2.75) is 29.5 Å². The first-order valence-electron chi connectivity index (χ1n) is 13.6. The summed E-state index contributed by atoms with van der Waals surface area (Å²) in [5.41, 5.74) is -7.48. The minimum absolute atomic E-state index is 0.177. The molecule has 0 spiro atoms. The molecule has 0 amide bonds. The smallest absolute Gasteiger partial charge is 0.348 e. The summed E-state index contributed by atoms with van der Waals surface area (Å²) in [5.74, 6) is -7.68. The molecule has 1 aliphatic rings. The number of rotatable bonds is 12. The van der Waals surface area contributed by atoms with E-state index in [1.807, 2.05) is 6.07 Å². The van der Waals surface area contributed by atoms with Crippen LogP contribution in [0.15, 0.2) is 78.9 Å². The Morgan fingerprint density at radius 1 is 0.750 bits per heavy atom. The zero-order valence-electron chi connectivity index (χ0n) is 24.2. The molecular formula is C32H35NO11.